The number of para-hydroxylation sites is 1. The first-order valence-corrected chi connectivity index (χ1v) is 7.09. The molecule has 2 aromatic rings. The molecule has 0 radical (unpaired) electrons. The van der Waals surface area contributed by atoms with Gasteiger partial charge in [-0.2, -0.15) is 0 Å². The van der Waals surface area contributed by atoms with E-state index in [9.17, 15) is 4.39 Å². The molecule has 1 aromatic carbocycles. The monoisotopic (exact) mass is 428 g/mol. The van der Waals surface area contributed by atoms with Crippen LogP contribution in [0.3, 0.4) is 0 Å². The zero-order valence-electron chi connectivity index (χ0n) is 12.7. The number of ether oxygens (including phenoxy) is 1. The highest BCUT2D eigenvalue weighted by molar-refractivity contribution is 14.0. The molecule has 1 aliphatic heterocycles. The van der Waals surface area contributed by atoms with E-state index in [0.29, 0.717) is 12.4 Å². The van der Waals surface area contributed by atoms with Gasteiger partial charge in [-0.1, -0.05) is 12.1 Å². The van der Waals surface area contributed by atoms with E-state index in [4.69, 9.17) is 4.74 Å². The smallest absolute Gasteiger partial charge is 0.219 e. The zero-order valence-corrected chi connectivity index (χ0v) is 15.0. The maximum atomic E-state index is 13.6. The van der Waals surface area contributed by atoms with E-state index in [-0.39, 0.29) is 29.7 Å². The molecule has 0 bridgehead atoms. The van der Waals surface area contributed by atoms with Gasteiger partial charge in [0, 0.05) is 32.4 Å². The summed E-state index contributed by atoms with van der Waals surface area (Å²) in [4.78, 5) is 10.5. The Bertz CT molecular complexity index is 695. The van der Waals surface area contributed by atoms with Crippen molar-refractivity contribution in [1.82, 2.24) is 15.2 Å². The van der Waals surface area contributed by atoms with Gasteiger partial charge in [-0.25, -0.2) is 9.37 Å². The highest BCUT2D eigenvalue weighted by Crippen LogP contribution is 2.22. The summed E-state index contributed by atoms with van der Waals surface area (Å²) >= 11 is 0. The van der Waals surface area contributed by atoms with E-state index in [1.54, 1.807) is 30.5 Å². The molecular weight excluding hydrogens is 410 g/mol. The van der Waals surface area contributed by atoms with Crippen LogP contribution in [0.2, 0.25) is 0 Å². The molecule has 1 aliphatic rings. The van der Waals surface area contributed by atoms with Gasteiger partial charge in [0.15, 0.2) is 17.5 Å². The van der Waals surface area contributed by atoms with E-state index < -0.39 is 5.82 Å². The summed E-state index contributed by atoms with van der Waals surface area (Å²) in [6.07, 6.45) is 1.65. The third kappa shape index (κ3) is 4.54. The van der Waals surface area contributed by atoms with Gasteiger partial charge in [0.25, 0.3) is 0 Å². The van der Waals surface area contributed by atoms with Crippen molar-refractivity contribution in [3.05, 3.63) is 54.0 Å². The van der Waals surface area contributed by atoms with Gasteiger partial charge in [0.1, 0.15) is 0 Å². The minimum Gasteiger partial charge on any atom is -0.436 e. The molecule has 23 heavy (non-hydrogen) atoms. The maximum Gasteiger partial charge on any atom is 0.219 e. The lowest BCUT2D eigenvalue weighted by Crippen LogP contribution is -2.35. The van der Waals surface area contributed by atoms with Gasteiger partial charge >= 0.3 is 0 Å². The number of aromatic nitrogens is 1. The third-order valence-corrected chi connectivity index (χ3v) is 3.36. The number of halogens is 2. The Balaban J connectivity index is 0.00000192. The first kappa shape index (κ1) is 17.5. The summed E-state index contributed by atoms with van der Waals surface area (Å²) < 4.78 is 19.1. The van der Waals surface area contributed by atoms with Crippen molar-refractivity contribution in [3.63, 3.8) is 0 Å². The Kier molecular flexibility index (Phi) is 6.14. The molecule has 0 saturated carbocycles. The van der Waals surface area contributed by atoms with Crippen molar-refractivity contribution in [3.8, 4) is 11.6 Å². The van der Waals surface area contributed by atoms with Gasteiger partial charge in [0.05, 0.1) is 6.54 Å². The van der Waals surface area contributed by atoms with Crippen LogP contribution in [0.15, 0.2) is 47.6 Å². The van der Waals surface area contributed by atoms with E-state index in [1.165, 1.54) is 6.07 Å². The largest absolute Gasteiger partial charge is 0.436 e. The molecule has 0 unspecified atom stereocenters. The van der Waals surface area contributed by atoms with Crippen LogP contribution in [0.25, 0.3) is 0 Å². The average molecular weight is 428 g/mol. The fourth-order valence-corrected chi connectivity index (χ4v) is 2.16. The van der Waals surface area contributed by atoms with Gasteiger partial charge in [0.2, 0.25) is 5.88 Å². The summed E-state index contributed by atoms with van der Waals surface area (Å²) in [6, 6.07) is 9.94. The first-order valence-electron chi connectivity index (χ1n) is 7.09. The minimum atomic E-state index is -0.408. The SMILES string of the molecule is CN1CCN=C1NCc1ccnc(Oc2ccccc2F)c1.I. The summed E-state index contributed by atoms with van der Waals surface area (Å²) in [7, 11) is 2.00. The Labute approximate surface area is 151 Å². The van der Waals surface area contributed by atoms with E-state index in [1.807, 2.05) is 13.1 Å². The quantitative estimate of drug-likeness (QED) is 0.761. The lowest BCUT2D eigenvalue weighted by Gasteiger charge is -2.15. The molecular formula is C16H18FIN4O. The van der Waals surface area contributed by atoms with Gasteiger partial charge in [-0.3, -0.25) is 4.99 Å². The Morgan fingerprint density at radius 2 is 2.13 bits per heavy atom. The molecule has 1 aromatic heterocycles. The van der Waals surface area contributed by atoms with Crippen molar-refractivity contribution in [2.24, 2.45) is 4.99 Å². The standard InChI is InChI=1S/C16H17FN4O.HI/c1-21-9-8-19-16(21)20-11-12-6-7-18-15(10-12)22-14-5-3-2-4-13(14)17;/h2-7,10H,8-9,11H2,1H3,(H,19,20);1H. The number of nitrogens with zero attached hydrogens (tertiary/aromatic N) is 3. The van der Waals surface area contributed by atoms with Crippen LogP contribution < -0.4 is 10.1 Å². The molecule has 122 valence electrons. The van der Waals surface area contributed by atoms with Crippen LogP contribution in [0.5, 0.6) is 11.6 Å². The second kappa shape index (κ2) is 8.09. The zero-order chi connectivity index (χ0) is 15.4. The summed E-state index contributed by atoms with van der Waals surface area (Å²) in [5.74, 6) is 1.01. The fourth-order valence-electron chi connectivity index (χ4n) is 2.16. The van der Waals surface area contributed by atoms with Crippen LogP contribution in [-0.4, -0.2) is 36.0 Å². The van der Waals surface area contributed by atoms with Crippen LogP contribution in [0.4, 0.5) is 4.39 Å². The third-order valence-electron chi connectivity index (χ3n) is 3.36. The number of guanidine groups is 1. The highest BCUT2D eigenvalue weighted by atomic mass is 127. The number of hydrogen-bond acceptors (Lipinski definition) is 5. The molecule has 7 heteroatoms. The molecule has 5 nitrogen and oxygen atoms in total. The van der Waals surface area contributed by atoms with Crippen LogP contribution in [-0.2, 0) is 6.54 Å². The molecule has 3 rings (SSSR count). The van der Waals surface area contributed by atoms with Crippen molar-refractivity contribution < 1.29 is 9.13 Å². The van der Waals surface area contributed by atoms with Gasteiger partial charge in [-0.15, -0.1) is 24.0 Å². The van der Waals surface area contributed by atoms with Crippen LogP contribution in [0, 0.1) is 5.82 Å². The lowest BCUT2D eigenvalue weighted by molar-refractivity contribution is 0.427. The van der Waals surface area contributed by atoms with Crippen molar-refractivity contribution >= 4 is 29.9 Å². The second-order valence-corrected chi connectivity index (χ2v) is 5.02. The van der Waals surface area contributed by atoms with Crippen molar-refractivity contribution in [2.75, 3.05) is 20.1 Å². The molecule has 1 N–H and O–H groups in total. The van der Waals surface area contributed by atoms with Gasteiger partial charge in [-0.05, 0) is 23.8 Å². The Morgan fingerprint density at radius 3 is 2.87 bits per heavy atom. The van der Waals surface area contributed by atoms with Crippen LogP contribution >= 0.6 is 24.0 Å². The molecule has 0 fully saturated rings. The van der Waals surface area contributed by atoms with E-state index in [0.717, 1.165) is 24.6 Å². The summed E-state index contributed by atoms with van der Waals surface area (Å²) in [5.41, 5.74) is 0.990. The first-order chi connectivity index (χ1) is 10.7. The number of benzene rings is 1. The molecule has 0 aliphatic carbocycles. The maximum absolute atomic E-state index is 13.6. The average Bonchev–Trinajstić information content (AvgIpc) is 2.93. The number of rotatable bonds is 4. The number of likely N-dealkylation sites (N-methyl/N-ethyl adjacent to an activating group) is 1. The normalized spacial score (nSPS) is 13.3. The van der Waals surface area contributed by atoms with Crippen molar-refractivity contribution in [2.45, 2.75) is 6.54 Å². The lowest BCUT2D eigenvalue weighted by atomic mass is 10.2. The molecule has 0 spiro atoms. The Morgan fingerprint density at radius 1 is 1.30 bits per heavy atom. The number of hydrogen-bond donors (Lipinski definition) is 1. The predicted molar refractivity (Wildman–Crippen MR) is 97.9 cm³/mol. The molecule has 2 heterocycles. The number of aliphatic imine (C=N–C) groups is 1. The summed E-state index contributed by atoms with van der Waals surface area (Å²) in [5, 5.41) is 3.27. The minimum absolute atomic E-state index is 0. The molecule has 0 saturated heterocycles. The number of nitrogens with one attached hydrogen (secondary N) is 1. The fraction of sp³-hybridized carbons (Fsp3) is 0.250. The predicted octanol–water partition coefficient (Wildman–Crippen LogP) is 3.02. The summed E-state index contributed by atoms with van der Waals surface area (Å²) in [6.45, 7) is 2.36. The van der Waals surface area contributed by atoms with E-state index in [2.05, 4.69) is 20.2 Å². The van der Waals surface area contributed by atoms with E-state index >= 15 is 0 Å². The Hall–Kier alpha value is -1.90. The van der Waals surface area contributed by atoms with Crippen molar-refractivity contribution in [1.29, 1.82) is 0 Å². The second-order valence-electron chi connectivity index (χ2n) is 5.02. The molecule has 0 amide bonds. The topological polar surface area (TPSA) is 49.8 Å². The van der Waals surface area contributed by atoms with Crippen LogP contribution in [0.1, 0.15) is 5.56 Å². The van der Waals surface area contributed by atoms with Gasteiger partial charge < -0.3 is 15.0 Å². The highest BCUT2D eigenvalue weighted by Gasteiger charge is 2.11. The molecule has 0 atom stereocenters. The number of pyridine rings is 1.